The van der Waals surface area contributed by atoms with Crippen LogP contribution < -0.4 is 11.3 Å². The van der Waals surface area contributed by atoms with Crippen molar-refractivity contribution in [2.24, 2.45) is 10.8 Å². The smallest absolute Gasteiger partial charge is 0.121 e. The van der Waals surface area contributed by atoms with Gasteiger partial charge in [0.25, 0.3) is 0 Å². The van der Waals surface area contributed by atoms with Crippen LogP contribution >= 0.6 is 0 Å². The van der Waals surface area contributed by atoms with Gasteiger partial charge in [0.15, 0.2) is 0 Å². The summed E-state index contributed by atoms with van der Waals surface area (Å²) in [4.78, 5) is 4.95. The second-order valence-corrected chi connectivity index (χ2v) is 5.86. The molecule has 0 aliphatic heterocycles. The van der Waals surface area contributed by atoms with Gasteiger partial charge >= 0.3 is 0 Å². The molecule has 1 aromatic rings. The fourth-order valence-electron chi connectivity index (χ4n) is 3.24. The highest BCUT2D eigenvalue weighted by molar-refractivity contribution is 5.95. The van der Waals surface area contributed by atoms with Gasteiger partial charge in [0.1, 0.15) is 5.84 Å². The number of nitrogens with zero attached hydrogens (tertiary/aromatic N) is 1. The van der Waals surface area contributed by atoms with Crippen LogP contribution in [-0.2, 0) is 5.41 Å². The molecule has 19 heavy (non-hydrogen) atoms. The Morgan fingerprint density at radius 2 is 1.79 bits per heavy atom. The number of hydrogen-bond donors (Lipinski definition) is 2. The van der Waals surface area contributed by atoms with Crippen LogP contribution in [-0.4, -0.2) is 11.9 Å². The Hall–Kier alpha value is -1.35. The van der Waals surface area contributed by atoms with Gasteiger partial charge in [0.05, 0.1) is 11.5 Å². The van der Waals surface area contributed by atoms with E-state index in [2.05, 4.69) is 35.8 Å². The number of hydrazine groups is 1. The molecule has 3 N–H and O–H groups in total. The van der Waals surface area contributed by atoms with Crippen LogP contribution in [0.5, 0.6) is 0 Å². The minimum Gasteiger partial charge on any atom is -0.312 e. The Balaban J connectivity index is 1.83. The molecule has 1 aromatic carbocycles. The van der Waals surface area contributed by atoms with Gasteiger partial charge < -0.3 is 5.43 Å². The minimum atomic E-state index is 0.0768. The molecule has 2 aliphatic rings. The zero-order chi connectivity index (χ0) is 13.1. The summed E-state index contributed by atoms with van der Waals surface area (Å²) in [5.41, 5.74) is 4.33. The number of hydrogen-bond acceptors (Lipinski definition) is 2. The van der Waals surface area contributed by atoms with Crippen molar-refractivity contribution in [2.75, 3.05) is 0 Å². The fourth-order valence-corrected chi connectivity index (χ4v) is 3.24. The first-order chi connectivity index (χ1) is 9.35. The summed E-state index contributed by atoms with van der Waals surface area (Å²) in [7, 11) is 0. The molecule has 0 spiro atoms. The van der Waals surface area contributed by atoms with Gasteiger partial charge in [-0.3, -0.25) is 4.99 Å². The highest BCUT2D eigenvalue weighted by Crippen LogP contribution is 2.49. The lowest BCUT2D eigenvalue weighted by molar-refractivity contribution is 0.441. The van der Waals surface area contributed by atoms with Crippen molar-refractivity contribution in [2.45, 2.75) is 56.4 Å². The first-order valence-electron chi connectivity index (χ1n) is 7.45. The van der Waals surface area contributed by atoms with Gasteiger partial charge in [-0.05, 0) is 31.2 Å². The van der Waals surface area contributed by atoms with E-state index in [9.17, 15) is 0 Å². The zero-order valence-electron chi connectivity index (χ0n) is 11.4. The van der Waals surface area contributed by atoms with Gasteiger partial charge in [-0.25, -0.2) is 5.84 Å². The molecule has 0 radical (unpaired) electrons. The Bertz CT molecular complexity index is 442. The van der Waals surface area contributed by atoms with E-state index in [1.165, 1.54) is 37.7 Å². The topological polar surface area (TPSA) is 50.4 Å². The zero-order valence-corrected chi connectivity index (χ0v) is 11.4. The third-order valence-corrected chi connectivity index (χ3v) is 4.55. The van der Waals surface area contributed by atoms with Crippen LogP contribution in [0.4, 0.5) is 0 Å². The van der Waals surface area contributed by atoms with E-state index in [-0.39, 0.29) is 5.41 Å². The molecule has 2 aliphatic carbocycles. The minimum absolute atomic E-state index is 0.0768. The maximum atomic E-state index is 5.77. The van der Waals surface area contributed by atoms with Crippen LogP contribution in [0.15, 0.2) is 35.3 Å². The lowest BCUT2D eigenvalue weighted by atomic mass is 9.92. The predicted molar refractivity (Wildman–Crippen MR) is 79.0 cm³/mol. The molecule has 0 bridgehead atoms. The molecule has 3 heteroatoms. The Kier molecular flexibility index (Phi) is 3.56. The van der Waals surface area contributed by atoms with Gasteiger partial charge in [-0.1, -0.05) is 49.6 Å². The second-order valence-electron chi connectivity index (χ2n) is 5.86. The average molecular weight is 257 g/mol. The molecule has 0 saturated heterocycles. The Morgan fingerprint density at radius 1 is 1.11 bits per heavy atom. The number of nitrogens with two attached hydrogens (primary N) is 1. The average Bonchev–Trinajstić information content (AvgIpc) is 3.28. The molecule has 0 amide bonds. The van der Waals surface area contributed by atoms with Gasteiger partial charge in [0.2, 0.25) is 0 Å². The molecular formula is C16H23N3. The van der Waals surface area contributed by atoms with E-state index in [4.69, 9.17) is 10.8 Å². The molecule has 0 unspecified atom stereocenters. The van der Waals surface area contributed by atoms with E-state index in [0.29, 0.717) is 6.04 Å². The van der Waals surface area contributed by atoms with Crippen molar-refractivity contribution in [1.29, 1.82) is 0 Å². The molecule has 0 aromatic heterocycles. The normalized spacial score (nSPS) is 23.1. The van der Waals surface area contributed by atoms with Gasteiger partial charge in [-0.15, -0.1) is 0 Å². The molecule has 3 rings (SSSR count). The second kappa shape index (κ2) is 5.33. The van der Waals surface area contributed by atoms with E-state index < -0.39 is 0 Å². The summed E-state index contributed by atoms with van der Waals surface area (Å²) in [6.07, 6.45) is 8.74. The molecular weight excluding hydrogens is 234 g/mol. The number of benzene rings is 1. The Labute approximate surface area is 115 Å². The number of nitrogens with one attached hydrogen (secondary N) is 1. The van der Waals surface area contributed by atoms with E-state index in [0.717, 1.165) is 18.7 Å². The first kappa shape index (κ1) is 12.7. The lowest BCUT2D eigenvalue weighted by Gasteiger charge is -2.23. The van der Waals surface area contributed by atoms with E-state index in [1.807, 2.05) is 0 Å². The fraction of sp³-hybridized carbons (Fsp3) is 0.562. The number of rotatable bonds is 3. The highest BCUT2D eigenvalue weighted by Gasteiger charge is 2.49. The number of aliphatic imine (C=N–C) groups is 1. The maximum Gasteiger partial charge on any atom is 0.121 e. The van der Waals surface area contributed by atoms with Crippen LogP contribution in [0.25, 0.3) is 0 Å². The quantitative estimate of drug-likeness (QED) is 0.378. The SMILES string of the molecule is NNC(=NC1CCCCC1)C1(c2ccccc2)CC1. The molecule has 102 valence electrons. The standard InChI is InChI=1S/C16H23N3/c17-19-15(18-14-9-5-2-6-10-14)16(11-12-16)13-7-3-1-4-8-13/h1,3-4,7-8,14H,2,5-6,9-12,17H2,(H,18,19). The highest BCUT2D eigenvalue weighted by atomic mass is 15.3. The predicted octanol–water partition coefficient (Wildman–Crippen LogP) is 2.91. The van der Waals surface area contributed by atoms with Gasteiger partial charge in [-0.2, -0.15) is 0 Å². The summed E-state index contributed by atoms with van der Waals surface area (Å²) < 4.78 is 0. The van der Waals surface area contributed by atoms with Crippen LogP contribution in [0.1, 0.15) is 50.5 Å². The van der Waals surface area contributed by atoms with Crippen molar-refractivity contribution in [3.05, 3.63) is 35.9 Å². The molecule has 0 atom stereocenters. The summed E-state index contributed by atoms with van der Waals surface area (Å²) in [5.74, 6) is 6.78. The summed E-state index contributed by atoms with van der Waals surface area (Å²) in [6.45, 7) is 0. The summed E-state index contributed by atoms with van der Waals surface area (Å²) in [5, 5.41) is 0. The molecule has 2 saturated carbocycles. The Morgan fingerprint density at radius 3 is 2.37 bits per heavy atom. The molecule has 3 nitrogen and oxygen atoms in total. The number of amidine groups is 1. The van der Waals surface area contributed by atoms with Crippen molar-refractivity contribution >= 4 is 5.84 Å². The molecule has 0 heterocycles. The largest absolute Gasteiger partial charge is 0.312 e. The van der Waals surface area contributed by atoms with Crippen LogP contribution in [0, 0.1) is 0 Å². The third-order valence-electron chi connectivity index (χ3n) is 4.55. The van der Waals surface area contributed by atoms with Crippen LogP contribution in [0.2, 0.25) is 0 Å². The van der Waals surface area contributed by atoms with E-state index in [1.54, 1.807) is 0 Å². The lowest BCUT2D eigenvalue weighted by Crippen LogP contribution is -2.40. The first-order valence-corrected chi connectivity index (χ1v) is 7.45. The van der Waals surface area contributed by atoms with Gasteiger partial charge in [0, 0.05) is 0 Å². The third kappa shape index (κ3) is 2.52. The van der Waals surface area contributed by atoms with Crippen molar-refractivity contribution in [3.8, 4) is 0 Å². The monoisotopic (exact) mass is 257 g/mol. The summed E-state index contributed by atoms with van der Waals surface area (Å²) in [6, 6.07) is 11.1. The van der Waals surface area contributed by atoms with Crippen molar-refractivity contribution < 1.29 is 0 Å². The maximum absolute atomic E-state index is 5.77. The van der Waals surface area contributed by atoms with E-state index >= 15 is 0 Å². The summed E-state index contributed by atoms with van der Waals surface area (Å²) >= 11 is 0. The van der Waals surface area contributed by atoms with Crippen molar-refractivity contribution in [3.63, 3.8) is 0 Å². The van der Waals surface area contributed by atoms with Crippen LogP contribution in [0.3, 0.4) is 0 Å². The van der Waals surface area contributed by atoms with Crippen molar-refractivity contribution in [1.82, 2.24) is 5.43 Å². The molecule has 2 fully saturated rings.